The minimum Gasteiger partial charge on any atom is -0.379 e. The molecule has 2 aliphatic heterocycles. The number of nitrogens with one attached hydrogen (secondary N) is 2. The van der Waals surface area contributed by atoms with Gasteiger partial charge >= 0.3 is 0 Å². The molecule has 2 heterocycles. The Balaban J connectivity index is 1.64. The molecule has 2 rings (SSSR count). The average Bonchev–Trinajstić information content (AvgIpc) is 2.49. The van der Waals surface area contributed by atoms with Crippen LogP contribution in [0.2, 0.25) is 0 Å². The van der Waals surface area contributed by atoms with Crippen LogP contribution in [0.15, 0.2) is 0 Å². The Hall–Kier alpha value is -0.690. The topological polar surface area (TPSA) is 62.8 Å². The van der Waals surface area contributed by atoms with Crippen LogP contribution in [0.5, 0.6) is 0 Å². The summed E-state index contributed by atoms with van der Waals surface area (Å²) < 4.78 is 10.4. The van der Waals surface area contributed by atoms with Crippen molar-refractivity contribution in [1.82, 2.24) is 15.5 Å². The molecule has 122 valence electrons. The highest BCUT2D eigenvalue weighted by Crippen LogP contribution is 2.13. The van der Waals surface area contributed by atoms with Crippen LogP contribution in [0, 0.1) is 0 Å². The van der Waals surface area contributed by atoms with E-state index in [0.29, 0.717) is 18.1 Å². The van der Waals surface area contributed by atoms with E-state index in [4.69, 9.17) is 9.47 Å². The van der Waals surface area contributed by atoms with E-state index in [-0.39, 0.29) is 12.5 Å². The van der Waals surface area contributed by atoms with E-state index in [2.05, 4.69) is 17.6 Å². The lowest BCUT2D eigenvalue weighted by atomic mass is 10.0. The molecule has 0 aromatic carbocycles. The zero-order chi connectivity index (χ0) is 15.1. The van der Waals surface area contributed by atoms with E-state index < -0.39 is 0 Å². The molecule has 2 unspecified atom stereocenters. The van der Waals surface area contributed by atoms with Crippen molar-refractivity contribution >= 4 is 5.91 Å². The fourth-order valence-electron chi connectivity index (χ4n) is 3.18. The quantitative estimate of drug-likeness (QED) is 0.722. The van der Waals surface area contributed by atoms with Gasteiger partial charge in [-0.1, -0.05) is 0 Å². The number of carbonyl (C=O) groups excluding carboxylic acids is 1. The maximum absolute atomic E-state index is 11.7. The first kappa shape index (κ1) is 16.7. The molecule has 2 N–H and O–H groups in total. The highest BCUT2D eigenvalue weighted by molar-refractivity contribution is 5.77. The summed E-state index contributed by atoms with van der Waals surface area (Å²) in [5.41, 5.74) is 0. The van der Waals surface area contributed by atoms with E-state index >= 15 is 0 Å². The van der Waals surface area contributed by atoms with Crippen molar-refractivity contribution in [3.8, 4) is 0 Å². The Bertz CT molecular complexity index is 313. The van der Waals surface area contributed by atoms with E-state index in [1.54, 1.807) is 7.11 Å². The van der Waals surface area contributed by atoms with Gasteiger partial charge in [0, 0.05) is 44.9 Å². The standard InChI is InChI=1S/C15H29N3O3/c1-12(9-14-10-21-8-5-16-14)17-13-3-6-18(7-4-13)15(19)11-20-2/h12-14,16-17H,3-11H2,1-2H3. The molecule has 0 bridgehead atoms. The Labute approximate surface area is 127 Å². The monoisotopic (exact) mass is 299 g/mol. The maximum atomic E-state index is 11.7. The number of hydrogen-bond donors (Lipinski definition) is 2. The van der Waals surface area contributed by atoms with Crippen LogP contribution in [0.1, 0.15) is 26.2 Å². The number of rotatable bonds is 6. The SMILES string of the molecule is COCC(=O)N1CCC(NC(C)CC2COCCN2)CC1. The summed E-state index contributed by atoms with van der Waals surface area (Å²) in [7, 11) is 1.57. The Morgan fingerprint density at radius 2 is 2.24 bits per heavy atom. The molecule has 0 aromatic rings. The Morgan fingerprint density at radius 1 is 1.48 bits per heavy atom. The van der Waals surface area contributed by atoms with E-state index in [9.17, 15) is 4.79 Å². The number of ether oxygens (including phenoxy) is 2. The van der Waals surface area contributed by atoms with Gasteiger partial charge in [0.05, 0.1) is 13.2 Å². The molecule has 2 fully saturated rings. The number of likely N-dealkylation sites (tertiary alicyclic amines) is 1. The van der Waals surface area contributed by atoms with Gasteiger partial charge in [-0.25, -0.2) is 0 Å². The van der Waals surface area contributed by atoms with Gasteiger partial charge in [-0.15, -0.1) is 0 Å². The summed E-state index contributed by atoms with van der Waals surface area (Å²) in [5, 5.41) is 7.18. The lowest BCUT2D eigenvalue weighted by molar-refractivity contribution is -0.136. The van der Waals surface area contributed by atoms with E-state index in [1.807, 2.05) is 4.90 Å². The molecule has 6 nitrogen and oxygen atoms in total. The lowest BCUT2D eigenvalue weighted by Crippen LogP contribution is -2.50. The first-order chi connectivity index (χ1) is 10.2. The Kier molecular flexibility index (Phi) is 6.89. The number of amides is 1. The van der Waals surface area contributed by atoms with Gasteiger partial charge in [0.25, 0.3) is 0 Å². The van der Waals surface area contributed by atoms with Crippen molar-refractivity contribution < 1.29 is 14.3 Å². The van der Waals surface area contributed by atoms with Crippen LogP contribution in [-0.2, 0) is 14.3 Å². The third-order valence-electron chi connectivity index (χ3n) is 4.27. The molecule has 21 heavy (non-hydrogen) atoms. The van der Waals surface area contributed by atoms with Gasteiger partial charge in [-0.2, -0.15) is 0 Å². The first-order valence-corrected chi connectivity index (χ1v) is 8.03. The lowest BCUT2D eigenvalue weighted by Gasteiger charge is -2.35. The van der Waals surface area contributed by atoms with Crippen LogP contribution in [0.4, 0.5) is 0 Å². The fraction of sp³-hybridized carbons (Fsp3) is 0.933. The molecule has 2 aliphatic rings. The normalized spacial score (nSPS) is 25.8. The number of methoxy groups -OCH3 is 1. The van der Waals surface area contributed by atoms with Gasteiger partial charge in [-0.05, 0) is 26.2 Å². The predicted molar refractivity (Wildman–Crippen MR) is 81.3 cm³/mol. The van der Waals surface area contributed by atoms with Crippen LogP contribution < -0.4 is 10.6 Å². The Morgan fingerprint density at radius 3 is 2.86 bits per heavy atom. The third-order valence-corrected chi connectivity index (χ3v) is 4.27. The van der Waals surface area contributed by atoms with Crippen LogP contribution >= 0.6 is 0 Å². The number of morpholine rings is 1. The molecule has 0 spiro atoms. The molecule has 0 aliphatic carbocycles. The second-order valence-corrected chi connectivity index (χ2v) is 6.12. The van der Waals surface area contributed by atoms with Crippen molar-refractivity contribution in [2.45, 2.75) is 44.3 Å². The summed E-state index contributed by atoms with van der Waals surface area (Å²) in [6.07, 6.45) is 3.13. The highest BCUT2D eigenvalue weighted by Gasteiger charge is 2.24. The van der Waals surface area contributed by atoms with Crippen LogP contribution in [0.3, 0.4) is 0 Å². The van der Waals surface area contributed by atoms with Gasteiger partial charge in [0.15, 0.2) is 0 Å². The minimum atomic E-state index is 0.104. The number of nitrogens with zero attached hydrogens (tertiary/aromatic N) is 1. The highest BCUT2D eigenvalue weighted by atomic mass is 16.5. The van der Waals surface area contributed by atoms with Crippen molar-refractivity contribution in [1.29, 1.82) is 0 Å². The largest absolute Gasteiger partial charge is 0.379 e. The molecule has 0 saturated carbocycles. The minimum absolute atomic E-state index is 0.104. The van der Waals surface area contributed by atoms with Gasteiger partial charge < -0.3 is 25.0 Å². The first-order valence-electron chi connectivity index (χ1n) is 8.03. The van der Waals surface area contributed by atoms with Crippen molar-refractivity contribution in [3.63, 3.8) is 0 Å². The van der Waals surface area contributed by atoms with E-state index in [1.165, 1.54) is 0 Å². The van der Waals surface area contributed by atoms with Crippen LogP contribution in [0.25, 0.3) is 0 Å². The molecule has 2 saturated heterocycles. The summed E-state index contributed by atoms with van der Waals surface area (Å²) in [4.78, 5) is 13.7. The number of carbonyl (C=O) groups is 1. The zero-order valence-electron chi connectivity index (χ0n) is 13.3. The fourth-order valence-corrected chi connectivity index (χ4v) is 3.18. The summed E-state index contributed by atoms with van der Waals surface area (Å²) >= 11 is 0. The predicted octanol–water partition coefficient (Wildman–Crippen LogP) is -0.0196. The van der Waals surface area contributed by atoms with E-state index in [0.717, 1.165) is 52.1 Å². The molecule has 2 atom stereocenters. The van der Waals surface area contributed by atoms with Crippen LogP contribution in [-0.4, -0.2) is 75.5 Å². The maximum Gasteiger partial charge on any atom is 0.248 e. The van der Waals surface area contributed by atoms with Gasteiger partial charge in [-0.3, -0.25) is 4.79 Å². The van der Waals surface area contributed by atoms with Gasteiger partial charge in [0.2, 0.25) is 5.91 Å². The zero-order valence-corrected chi connectivity index (χ0v) is 13.3. The third kappa shape index (κ3) is 5.54. The van der Waals surface area contributed by atoms with Gasteiger partial charge in [0.1, 0.15) is 6.61 Å². The second-order valence-electron chi connectivity index (χ2n) is 6.12. The number of hydrogen-bond acceptors (Lipinski definition) is 5. The van der Waals surface area contributed by atoms with Crippen molar-refractivity contribution in [2.24, 2.45) is 0 Å². The second kappa shape index (κ2) is 8.68. The average molecular weight is 299 g/mol. The summed E-state index contributed by atoms with van der Waals surface area (Å²) in [5.74, 6) is 0.104. The molecule has 0 radical (unpaired) electrons. The molecular weight excluding hydrogens is 270 g/mol. The molecular formula is C15H29N3O3. The molecule has 0 aromatic heterocycles. The summed E-state index contributed by atoms with van der Waals surface area (Å²) in [6.45, 7) is 6.69. The smallest absolute Gasteiger partial charge is 0.248 e. The summed E-state index contributed by atoms with van der Waals surface area (Å²) in [6, 6.07) is 1.44. The molecule has 6 heteroatoms. The number of piperidine rings is 1. The molecule has 1 amide bonds. The van der Waals surface area contributed by atoms with Crippen molar-refractivity contribution in [3.05, 3.63) is 0 Å². The van der Waals surface area contributed by atoms with Crippen molar-refractivity contribution in [2.75, 3.05) is 46.6 Å².